The maximum atomic E-state index is 11.9. The standard InChI is InChI=1S/C14H21NO6/c1-15-11(14(20)21-5-4-10(17)8-16)6-9-2-3-12(18)13(19)7-9/h2-3,7,10-11,15-19H,4-6,8H2,1H3/t10?,11-/m0/s1. The number of rotatable bonds is 8. The molecule has 21 heavy (non-hydrogen) atoms. The van der Waals surface area contributed by atoms with Crippen molar-refractivity contribution in [3.05, 3.63) is 23.8 Å². The van der Waals surface area contributed by atoms with E-state index in [-0.39, 0.29) is 37.6 Å². The zero-order chi connectivity index (χ0) is 15.8. The molecule has 0 spiro atoms. The smallest absolute Gasteiger partial charge is 0.323 e. The Morgan fingerprint density at radius 3 is 2.62 bits per heavy atom. The van der Waals surface area contributed by atoms with E-state index in [1.807, 2.05) is 0 Å². The summed E-state index contributed by atoms with van der Waals surface area (Å²) in [6, 6.07) is 3.71. The minimum absolute atomic E-state index is 0.0135. The highest BCUT2D eigenvalue weighted by molar-refractivity contribution is 5.76. The van der Waals surface area contributed by atoms with Crippen LogP contribution in [-0.2, 0) is 16.0 Å². The van der Waals surface area contributed by atoms with E-state index in [9.17, 15) is 15.0 Å². The first kappa shape index (κ1) is 17.2. The Balaban J connectivity index is 2.53. The third-order valence-electron chi connectivity index (χ3n) is 3.02. The number of esters is 1. The van der Waals surface area contributed by atoms with Crippen LogP contribution in [0.25, 0.3) is 0 Å². The van der Waals surface area contributed by atoms with Crippen LogP contribution in [0.3, 0.4) is 0 Å². The quantitative estimate of drug-likeness (QED) is 0.325. The van der Waals surface area contributed by atoms with Gasteiger partial charge in [-0.05, 0) is 31.2 Å². The fourth-order valence-corrected chi connectivity index (χ4v) is 1.72. The van der Waals surface area contributed by atoms with Crippen molar-refractivity contribution >= 4 is 5.97 Å². The second kappa shape index (κ2) is 8.46. The Labute approximate surface area is 122 Å². The molecule has 118 valence electrons. The van der Waals surface area contributed by atoms with Crippen LogP contribution in [0.2, 0.25) is 0 Å². The Morgan fingerprint density at radius 2 is 2.05 bits per heavy atom. The van der Waals surface area contributed by atoms with Crippen molar-refractivity contribution in [3.63, 3.8) is 0 Å². The number of phenols is 2. The lowest BCUT2D eigenvalue weighted by atomic mass is 10.1. The van der Waals surface area contributed by atoms with Crippen LogP contribution in [-0.4, -0.2) is 58.8 Å². The number of hydrogen-bond acceptors (Lipinski definition) is 7. The summed E-state index contributed by atoms with van der Waals surface area (Å²) in [5.74, 6) is -0.961. The maximum absolute atomic E-state index is 11.9. The number of ether oxygens (including phenoxy) is 1. The number of carbonyl (C=O) groups excluding carboxylic acids is 1. The van der Waals surface area contributed by atoms with Crippen molar-refractivity contribution in [1.29, 1.82) is 0 Å². The molecule has 0 aliphatic carbocycles. The fraction of sp³-hybridized carbons (Fsp3) is 0.500. The summed E-state index contributed by atoms with van der Waals surface area (Å²) in [4.78, 5) is 11.9. The molecule has 1 aromatic carbocycles. The van der Waals surface area contributed by atoms with Gasteiger partial charge in [-0.3, -0.25) is 4.79 Å². The topological polar surface area (TPSA) is 119 Å². The summed E-state index contributed by atoms with van der Waals surface area (Å²) in [5.41, 5.74) is 0.664. The summed E-state index contributed by atoms with van der Waals surface area (Å²) >= 11 is 0. The summed E-state index contributed by atoms with van der Waals surface area (Å²) in [6.45, 7) is -0.362. The second-order valence-corrected chi connectivity index (χ2v) is 4.66. The van der Waals surface area contributed by atoms with Gasteiger partial charge in [0, 0.05) is 6.42 Å². The van der Waals surface area contributed by atoms with E-state index < -0.39 is 18.1 Å². The van der Waals surface area contributed by atoms with Gasteiger partial charge >= 0.3 is 5.97 Å². The van der Waals surface area contributed by atoms with Crippen molar-refractivity contribution < 1.29 is 30.0 Å². The van der Waals surface area contributed by atoms with E-state index in [1.54, 1.807) is 13.1 Å². The predicted molar refractivity (Wildman–Crippen MR) is 75.0 cm³/mol. The molecule has 1 unspecified atom stereocenters. The molecule has 0 saturated heterocycles. The minimum atomic E-state index is -0.903. The number of benzene rings is 1. The fourth-order valence-electron chi connectivity index (χ4n) is 1.72. The molecule has 0 bridgehead atoms. The van der Waals surface area contributed by atoms with E-state index in [0.29, 0.717) is 5.56 Å². The molecule has 0 amide bonds. The highest BCUT2D eigenvalue weighted by atomic mass is 16.5. The number of aliphatic hydroxyl groups excluding tert-OH is 2. The molecule has 2 atom stereocenters. The molecule has 0 aromatic heterocycles. The Kier molecular flexibility index (Phi) is 6.93. The molecular formula is C14H21NO6. The van der Waals surface area contributed by atoms with E-state index >= 15 is 0 Å². The van der Waals surface area contributed by atoms with Crippen LogP contribution in [0.1, 0.15) is 12.0 Å². The first-order valence-electron chi connectivity index (χ1n) is 6.61. The first-order valence-corrected chi connectivity index (χ1v) is 6.61. The van der Waals surface area contributed by atoms with Crippen LogP contribution >= 0.6 is 0 Å². The van der Waals surface area contributed by atoms with Crippen LogP contribution in [0.5, 0.6) is 11.5 Å². The molecule has 0 heterocycles. The van der Waals surface area contributed by atoms with Crippen molar-refractivity contribution in [2.24, 2.45) is 0 Å². The highest BCUT2D eigenvalue weighted by Crippen LogP contribution is 2.25. The zero-order valence-corrected chi connectivity index (χ0v) is 11.8. The van der Waals surface area contributed by atoms with Crippen LogP contribution < -0.4 is 5.32 Å². The molecule has 7 nitrogen and oxygen atoms in total. The van der Waals surface area contributed by atoms with Crippen LogP contribution in [0, 0.1) is 0 Å². The van der Waals surface area contributed by atoms with Crippen molar-refractivity contribution in [1.82, 2.24) is 5.32 Å². The molecule has 0 radical (unpaired) electrons. The van der Waals surface area contributed by atoms with Crippen molar-refractivity contribution in [2.75, 3.05) is 20.3 Å². The number of likely N-dealkylation sites (N-methyl/N-ethyl adjacent to an activating group) is 1. The molecule has 7 heteroatoms. The van der Waals surface area contributed by atoms with Gasteiger partial charge in [0.2, 0.25) is 0 Å². The molecule has 1 rings (SSSR count). The third-order valence-corrected chi connectivity index (χ3v) is 3.02. The van der Waals surface area contributed by atoms with Gasteiger partial charge in [-0.2, -0.15) is 0 Å². The monoisotopic (exact) mass is 299 g/mol. The number of hydrogen-bond donors (Lipinski definition) is 5. The largest absolute Gasteiger partial charge is 0.504 e. The summed E-state index contributed by atoms with van der Waals surface area (Å²) in [6.07, 6.45) is -0.454. The Bertz CT molecular complexity index is 465. The van der Waals surface area contributed by atoms with Crippen molar-refractivity contribution in [3.8, 4) is 11.5 Å². The lowest BCUT2D eigenvalue weighted by Gasteiger charge is -2.16. The molecule has 0 aliphatic rings. The van der Waals surface area contributed by atoms with Crippen molar-refractivity contribution in [2.45, 2.75) is 25.0 Å². The van der Waals surface area contributed by atoms with Crippen LogP contribution in [0.15, 0.2) is 18.2 Å². The number of carbonyl (C=O) groups is 1. The molecule has 5 N–H and O–H groups in total. The predicted octanol–water partition coefficient (Wildman–Crippen LogP) is -0.485. The number of phenolic OH excluding ortho intramolecular Hbond substituents is 2. The second-order valence-electron chi connectivity index (χ2n) is 4.66. The number of nitrogens with one attached hydrogen (secondary N) is 1. The Hall–Kier alpha value is -1.83. The molecule has 1 aromatic rings. The Morgan fingerprint density at radius 1 is 1.33 bits per heavy atom. The van der Waals surface area contributed by atoms with E-state index in [4.69, 9.17) is 14.9 Å². The lowest BCUT2D eigenvalue weighted by Crippen LogP contribution is -2.38. The molecule has 0 fully saturated rings. The molecule has 0 saturated carbocycles. The first-order chi connectivity index (χ1) is 9.97. The average molecular weight is 299 g/mol. The van der Waals surface area contributed by atoms with E-state index in [0.717, 1.165) is 0 Å². The number of aliphatic hydroxyl groups is 2. The van der Waals surface area contributed by atoms with Crippen LogP contribution in [0.4, 0.5) is 0 Å². The lowest BCUT2D eigenvalue weighted by molar-refractivity contribution is -0.146. The normalized spacial score (nSPS) is 13.7. The van der Waals surface area contributed by atoms with Gasteiger partial charge in [-0.1, -0.05) is 6.07 Å². The highest BCUT2D eigenvalue weighted by Gasteiger charge is 2.19. The summed E-state index contributed by atoms with van der Waals surface area (Å²) in [5, 5.41) is 39.3. The van der Waals surface area contributed by atoms with E-state index in [1.165, 1.54) is 12.1 Å². The maximum Gasteiger partial charge on any atom is 0.323 e. The summed E-state index contributed by atoms with van der Waals surface area (Å²) in [7, 11) is 1.61. The minimum Gasteiger partial charge on any atom is -0.504 e. The van der Waals surface area contributed by atoms with Gasteiger partial charge < -0.3 is 30.5 Å². The summed E-state index contributed by atoms with van der Waals surface area (Å²) < 4.78 is 5.01. The van der Waals surface area contributed by atoms with Gasteiger partial charge in [-0.15, -0.1) is 0 Å². The van der Waals surface area contributed by atoms with Gasteiger partial charge in [0.1, 0.15) is 6.04 Å². The van der Waals surface area contributed by atoms with Gasteiger partial charge in [0.15, 0.2) is 11.5 Å². The van der Waals surface area contributed by atoms with Gasteiger partial charge in [0.05, 0.1) is 19.3 Å². The third kappa shape index (κ3) is 5.58. The molecule has 0 aliphatic heterocycles. The van der Waals surface area contributed by atoms with Gasteiger partial charge in [-0.25, -0.2) is 0 Å². The average Bonchev–Trinajstić information content (AvgIpc) is 2.47. The molecular weight excluding hydrogens is 278 g/mol. The van der Waals surface area contributed by atoms with Gasteiger partial charge in [0.25, 0.3) is 0 Å². The number of aromatic hydroxyl groups is 2. The van der Waals surface area contributed by atoms with E-state index in [2.05, 4.69) is 5.32 Å². The SMILES string of the molecule is CN[C@@H](Cc1ccc(O)c(O)c1)C(=O)OCCC(O)CO. The zero-order valence-electron chi connectivity index (χ0n) is 11.8.